The van der Waals surface area contributed by atoms with Crippen molar-refractivity contribution in [1.82, 2.24) is 35.0 Å². The van der Waals surface area contributed by atoms with Crippen LogP contribution >= 0.6 is 0 Å². The molecule has 0 radical (unpaired) electrons. The second-order valence-electron chi connectivity index (χ2n) is 7.40. The van der Waals surface area contributed by atoms with E-state index < -0.39 is 0 Å². The summed E-state index contributed by atoms with van der Waals surface area (Å²) in [5.41, 5.74) is 4.47. The van der Waals surface area contributed by atoms with E-state index in [1.54, 1.807) is 7.11 Å². The molecule has 4 rings (SSSR count). The van der Waals surface area contributed by atoms with Crippen molar-refractivity contribution in [2.45, 2.75) is 39.8 Å². The minimum atomic E-state index is -0.221. The monoisotopic (exact) mass is 403 g/mol. The summed E-state index contributed by atoms with van der Waals surface area (Å²) in [6.45, 7) is 6.39. The minimum Gasteiger partial charge on any atom is -0.377 e. The van der Waals surface area contributed by atoms with Crippen molar-refractivity contribution in [3.05, 3.63) is 82.7 Å². The van der Waals surface area contributed by atoms with Gasteiger partial charge >= 0.3 is 0 Å². The highest BCUT2D eigenvalue weighted by molar-refractivity contribution is 5.43. The molecule has 0 saturated heterocycles. The zero-order chi connectivity index (χ0) is 21.1. The Bertz CT molecular complexity index is 1130. The summed E-state index contributed by atoms with van der Waals surface area (Å²) in [7, 11) is 1.64. The molecule has 2 aromatic heterocycles. The van der Waals surface area contributed by atoms with E-state index in [4.69, 9.17) is 14.8 Å². The second-order valence-corrected chi connectivity index (χ2v) is 7.40. The number of rotatable bonds is 7. The summed E-state index contributed by atoms with van der Waals surface area (Å²) in [5.74, 6) is 2.11. The molecule has 30 heavy (non-hydrogen) atoms. The maximum Gasteiger partial charge on any atom is 0.177 e. The number of nitrogens with zero attached hydrogens (tertiary/aromatic N) is 7. The van der Waals surface area contributed by atoms with Crippen LogP contribution in [0.3, 0.4) is 0 Å². The molecular weight excluding hydrogens is 378 g/mol. The largest absolute Gasteiger partial charge is 0.377 e. The molecule has 0 N–H and O–H groups in total. The zero-order valence-electron chi connectivity index (χ0n) is 17.6. The van der Waals surface area contributed by atoms with Gasteiger partial charge in [0, 0.05) is 13.5 Å². The van der Waals surface area contributed by atoms with E-state index in [-0.39, 0.29) is 6.04 Å². The first-order valence-corrected chi connectivity index (χ1v) is 9.87. The first-order chi connectivity index (χ1) is 14.6. The quantitative estimate of drug-likeness (QED) is 0.471. The van der Waals surface area contributed by atoms with Gasteiger partial charge in [0.25, 0.3) is 0 Å². The van der Waals surface area contributed by atoms with Crippen molar-refractivity contribution in [3.63, 3.8) is 0 Å². The fourth-order valence-corrected chi connectivity index (χ4v) is 3.65. The van der Waals surface area contributed by atoms with E-state index in [2.05, 4.69) is 59.7 Å². The van der Waals surface area contributed by atoms with Gasteiger partial charge in [0.1, 0.15) is 18.5 Å². The van der Waals surface area contributed by atoms with Crippen LogP contribution in [-0.2, 0) is 17.8 Å². The maximum atomic E-state index is 5.31. The van der Waals surface area contributed by atoms with Crippen molar-refractivity contribution >= 4 is 0 Å². The van der Waals surface area contributed by atoms with Gasteiger partial charge in [-0.15, -0.1) is 10.2 Å². The van der Waals surface area contributed by atoms with Crippen molar-refractivity contribution in [3.8, 4) is 5.69 Å². The molecule has 1 unspecified atom stereocenters. The predicted octanol–water partition coefficient (Wildman–Crippen LogP) is 3.16. The van der Waals surface area contributed by atoms with Crippen LogP contribution in [0.25, 0.3) is 5.69 Å². The molecule has 1 atom stereocenters. The van der Waals surface area contributed by atoms with Crippen LogP contribution in [0.2, 0.25) is 0 Å². The van der Waals surface area contributed by atoms with E-state index in [0.717, 1.165) is 22.9 Å². The molecule has 0 saturated carbocycles. The van der Waals surface area contributed by atoms with Crippen LogP contribution in [0.5, 0.6) is 0 Å². The molecule has 2 heterocycles. The van der Waals surface area contributed by atoms with Gasteiger partial charge in [-0.05, 0) is 48.4 Å². The molecule has 2 aromatic carbocycles. The highest BCUT2D eigenvalue weighted by atomic mass is 16.5. The molecule has 0 aliphatic heterocycles. The molecule has 0 spiro atoms. The lowest BCUT2D eigenvalue weighted by Gasteiger charge is -2.19. The molecular formula is C22H25N7O. The number of hydrogen-bond acceptors (Lipinski definition) is 6. The lowest BCUT2D eigenvalue weighted by molar-refractivity contribution is 0.177. The van der Waals surface area contributed by atoms with Gasteiger partial charge < -0.3 is 4.74 Å². The third kappa shape index (κ3) is 3.99. The SMILES string of the molecule is COCc1nc(C(Cc2ccccc2)n2nnnc2C)n(-c2ccc(C)cc2C)n1. The van der Waals surface area contributed by atoms with E-state index in [9.17, 15) is 0 Å². The number of aryl methyl sites for hydroxylation is 3. The van der Waals surface area contributed by atoms with Gasteiger partial charge in [0.15, 0.2) is 11.6 Å². The summed E-state index contributed by atoms with van der Waals surface area (Å²) < 4.78 is 9.02. The molecule has 0 fully saturated rings. The highest BCUT2D eigenvalue weighted by Crippen LogP contribution is 2.26. The van der Waals surface area contributed by atoms with Gasteiger partial charge in [0.2, 0.25) is 0 Å². The number of tetrazole rings is 1. The van der Waals surface area contributed by atoms with Crippen LogP contribution in [0, 0.1) is 20.8 Å². The minimum absolute atomic E-state index is 0.221. The lowest BCUT2D eigenvalue weighted by Crippen LogP contribution is -2.21. The second kappa shape index (κ2) is 8.54. The molecule has 0 amide bonds. The van der Waals surface area contributed by atoms with E-state index in [1.165, 1.54) is 11.1 Å². The number of aromatic nitrogens is 7. The number of benzene rings is 2. The summed E-state index contributed by atoms with van der Waals surface area (Å²) in [6, 6.07) is 16.3. The van der Waals surface area contributed by atoms with Crippen molar-refractivity contribution in [2.24, 2.45) is 0 Å². The predicted molar refractivity (Wildman–Crippen MR) is 112 cm³/mol. The summed E-state index contributed by atoms with van der Waals surface area (Å²) >= 11 is 0. The first-order valence-electron chi connectivity index (χ1n) is 9.87. The molecule has 0 aliphatic rings. The Kier molecular flexibility index (Phi) is 5.67. The lowest BCUT2D eigenvalue weighted by atomic mass is 10.0. The van der Waals surface area contributed by atoms with Crippen LogP contribution in [0.4, 0.5) is 0 Å². The summed E-state index contributed by atoms with van der Waals surface area (Å²) in [5, 5.41) is 17.0. The Morgan fingerprint density at radius 2 is 1.83 bits per heavy atom. The van der Waals surface area contributed by atoms with Gasteiger partial charge in [-0.1, -0.05) is 48.0 Å². The zero-order valence-corrected chi connectivity index (χ0v) is 17.6. The first kappa shape index (κ1) is 19.9. The van der Waals surface area contributed by atoms with E-state index >= 15 is 0 Å². The fourth-order valence-electron chi connectivity index (χ4n) is 3.65. The Labute approximate surface area is 175 Å². The fraction of sp³-hybridized carbons (Fsp3) is 0.318. The third-order valence-corrected chi connectivity index (χ3v) is 5.05. The van der Waals surface area contributed by atoms with E-state index in [1.807, 2.05) is 34.5 Å². The standard InChI is InChI=1S/C22H25N7O/c1-15-10-11-19(16(2)12-15)29-22(23-21(25-29)14-30-4)20(28-17(3)24-26-27-28)13-18-8-6-5-7-9-18/h5-12,20H,13-14H2,1-4H3. The molecule has 8 heteroatoms. The van der Waals surface area contributed by atoms with Gasteiger partial charge in [-0.3, -0.25) is 0 Å². The average Bonchev–Trinajstić information content (AvgIpc) is 3.34. The normalized spacial score (nSPS) is 12.3. The maximum absolute atomic E-state index is 5.31. The molecule has 0 bridgehead atoms. The van der Waals surface area contributed by atoms with Crippen LogP contribution < -0.4 is 0 Å². The molecule has 8 nitrogen and oxygen atoms in total. The van der Waals surface area contributed by atoms with Gasteiger partial charge in [0.05, 0.1) is 5.69 Å². The average molecular weight is 403 g/mol. The number of methoxy groups -OCH3 is 1. The Hall–Kier alpha value is -3.39. The number of hydrogen-bond donors (Lipinski definition) is 0. The third-order valence-electron chi connectivity index (χ3n) is 5.05. The van der Waals surface area contributed by atoms with Crippen molar-refractivity contribution < 1.29 is 4.74 Å². The highest BCUT2D eigenvalue weighted by Gasteiger charge is 2.26. The van der Waals surface area contributed by atoms with Crippen molar-refractivity contribution in [2.75, 3.05) is 7.11 Å². The van der Waals surface area contributed by atoms with Gasteiger partial charge in [-0.25, -0.2) is 14.3 Å². The van der Waals surface area contributed by atoms with Crippen LogP contribution in [0.1, 0.15) is 40.2 Å². The van der Waals surface area contributed by atoms with E-state index in [0.29, 0.717) is 18.9 Å². The number of ether oxygens (including phenoxy) is 1. The Balaban J connectivity index is 1.88. The molecule has 154 valence electrons. The van der Waals surface area contributed by atoms with Crippen LogP contribution in [-0.4, -0.2) is 42.1 Å². The smallest absolute Gasteiger partial charge is 0.177 e. The molecule has 0 aliphatic carbocycles. The topological polar surface area (TPSA) is 83.5 Å². The molecule has 4 aromatic rings. The van der Waals surface area contributed by atoms with Crippen molar-refractivity contribution in [1.29, 1.82) is 0 Å². The summed E-state index contributed by atoms with van der Waals surface area (Å²) in [6.07, 6.45) is 0.683. The Morgan fingerprint density at radius 1 is 1.03 bits per heavy atom. The van der Waals surface area contributed by atoms with Gasteiger partial charge in [-0.2, -0.15) is 0 Å². The van der Waals surface area contributed by atoms with Crippen LogP contribution in [0.15, 0.2) is 48.5 Å². The summed E-state index contributed by atoms with van der Waals surface area (Å²) in [4.78, 5) is 4.84. The Morgan fingerprint density at radius 3 is 2.50 bits per heavy atom.